The molecule has 1 N–H and O–H groups in total. The van der Waals surface area contributed by atoms with Gasteiger partial charge in [0.05, 0.1) is 26.0 Å². The second kappa shape index (κ2) is 5.70. The molecule has 1 aliphatic rings. The molecule has 17 heavy (non-hydrogen) atoms. The molecule has 0 saturated carbocycles. The maximum atomic E-state index is 5.36. The van der Waals surface area contributed by atoms with Crippen LogP contribution in [0.4, 0.5) is 5.69 Å². The molecule has 0 radical (unpaired) electrons. The van der Waals surface area contributed by atoms with Gasteiger partial charge in [0.2, 0.25) is 0 Å². The summed E-state index contributed by atoms with van der Waals surface area (Å²) in [6, 6.07) is 8.18. The van der Waals surface area contributed by atoms with Gasteiger partial charge in [-0.3, -0.25) is 10.3 Å². The highest BCUT2D eigenvalue weighted by molar-refractivity contribution is 5.74. The Morgan fingerprint density at radius 2 is 2.06 bits per heavy atom. The number of nitrogens with zero attached hydrogens (tertiary/aromatic N) is 1. The minimum Gasteiger partial charge on any atom is -0.378 e. The molecule has 92 valence electrons. The van der Waals surface area contributed by atoms with Gasteiger partial charge < -0.3 is 9.64 Å². The van der Waals surface area contributed by atoms with Crippen LogP contribution in [0, 0.1) is 0 Å². The number of nitrogens with one attached hydrogen (secondary N) is 1. The van der Waals surface area contributed by atoms with E-state index in [1.807, 2.05) is 18.2 Å². The lowest BCUT2D eigenvalue weighted by atomic mass is 10.1. The van der Waals surface area contributed by atoms with Crippen molar-refractivity contribution in [2.24, 2.45) is 0 Å². The van der Waals surface area contributed by atoms with Crippen molar-refractivity contribution < 1.29 is 9.57 Å². The SMILES string of the molecule is C=C(NOC)c1ccccc1N1CCOCC1. The lowest BCUT2D eigenvalue weighted by Crippen LogP contribution is -2.36. The topological polar surface area (TPSA) is 33.7 Å². The summed E-state index contributed by atoms with van der Waals surface area (Å²) in [7, 11) is 1.59. The molecule has 1 fully saturated rings. The largest absolute Gasteiger partial charge is 0.378 e. The average molecular weight is 234 g/mol. The van der Waals surface area contributed by atoms with Crippen LogP contribution in [0.1, 0.15) is 5.56 Å². The number of hydrogen-bond donors (Lipinski definition) is 1. The van der Waals surface area contributed by atoms with Crippen LogP contribution in [0.5, 0.6) is 0 Å². The lowest BCUT2D eigenvalue weighted by Gasteiger charge is -2.30. The smallest absolute Gasteiger partial charge is 0.0642 e. The zero-order chi connectivity index (χ0) is 12.1. The Kier molecular flexibility index (Phi) is 4.01. The fourth-order valence-electron chi connectivity index (χ4n) is 1.99. The molecular formula is C13H18N2O2. The number of benzene rings is 1. The Labute approximate surface area is 102 Å². The van der Waals surface area contributed by atoms with Crippen molar-refractivity contribution in [1.29, 1.82) is 0 Å². The maximum absolute atomic E-state index is 5.36. The molecular weight excluding hydrogens is 216 g/mol. The molecule has 4 heteroatoms. The molecule has 4 nitrogen and oxygen atoms in total. The molecule has 1 aromatic rings. The second-order valence-electron chi connectivity index (χ2n) is 3.90. The van der Waals surface area contributed by atoms with Crippen molar-refractivity contribution in [3.63, 3.8) is 0 Å². The van der Waals surface area contributed by atoms with Crippen LogP contribution in [-0.2, 0) is 9.57 Å². The minimum atomic E-state index is 0.773. The Hall–Kier alpha value is -1.52. The fourth-order valence-corrected chi connectivity index (χ4v) is 1.99. The highest BCUT2D eigenvalue weighted by Gasteiger charge is 2.15. The number of para-hydroxylation sites is 1. The molecule has 0 aromatic heterocycles. The third-order valence-corrected chi connectivity index (χ3v) is 2.81. The van der Waals surface area contributed by atoms with Crippen LogP contribution in [-0.4, -0.2) is 33.4 Å². The highest BCUT2D eigenvalue weighted by atomic mass is 16.6. The van der Waals surface area contributed by atoms with Gasteiger partial charge in [0.1, 0.15) is 0 Å². The fraction of sp³-hybridized carbons (Fsp3) is 0.385. The van der Waals surface area contributed by atoms with Crippen molar-refractivity contribution >= 4 is 11.4 Å². The van der Waals surface area contributed by atoms with E-state index in [4.69, 9.17) is 9.57 Å². The zero-order valence-corrected chi connectivity index (χ0v) is 10.1. The molecule has 0 bridgehead atoms. The Morgan fingerprint density at radius 1 is 1.35 bits per heavy atom. The van der Waals surface area contributed by atoms with Crippen molar-refractivity contribution in [2.45, 2.75) is 0 Å². The second-order valence-corrected chi connectivity index (χ2v) is 3.90. The minimum absolute atomic E-state index is 0.773. The first-order valence-electron chi connectivity index (χ1n) is 5.73. The van der Waals surface area contributed by atoms with Gasteiger partial charge >= 0.3 is 0 Å². The van der Waals surface area contributed by atoms with Crippen molar-refractivity contribution in [1.82, 2.24) is 5.48 Å². The number of anilines is 1. The normalized spacial score (nSPS) is 15.7. The first-order valence-corrected chi connectivity index (χ1v) is 5.73. The Balaban J connectivity index is 2.23. The number of ether oxygens (including phenoxy) is 1. The Bertz CT molecular complexity index is 387. The van der Waals surface area contributed by atoms with E-state index in [2.05, 4.69) is 23.0 Å². The average Bonchev–Trinajstić information content (AvgIpc) is 2.40. The van der Waals surface area contributed by atoms with Gasteiger partial charge in [-0.2, -0.15) is 0 Å². The van der Waals surface area contributed by atoms with Crippen molar-refractivity contribution in [3.8, 4) is 0 Å². The maximum Gasteiger partial charge on any atom is 0.0642 e. The molecule has 1 aliphatic heterocycles. The van der Waals surface area contributed by atoms with Gasteiger partial charge in [0.15, 0.2) is 0 Å². The van der Waals surface area contributed by atoms with Gasteiger partial charge in [0, 0.05) is 24.3 Å². The summed E-state index contributed by atoms with van der Waals surface area (Å²) >= 11 is 0. The van der Waals surface area contributed by atoms with E-state index in [0.29, 0.717) is 0 Å². The Morgan fingerprint density at radius 3 is 2.76 bits per heavy atom. The first kappa shape index (κ1) is 12.0. The molecule has 0 aliphatic carbocycles. The molecule has 1 heterocycles. The molecule has 1 saturated heterocycles. The quantitative estimate of drug-likeness (QED) is 0.803. The summed E-state index contributed by atoms with van der Waals surface area (Å²) in [5.74, 6) is 0. The first-order chi connectivity index (χ1) is 8.33. The van der Waals surface area contributed by atoms with Gasteiger partial charge in [-0.25, -0.2) is 0 Å². The number of hydroxylamine groups is 1. The van der Waals surface area contributed by atoms with Crippen molar-refractivity contribution in [2.75, 3.05) is 38.3 Å². The molecule has 2 rings (SSSR count). The zero-order valence-electron chi connectivity index (χ0n) is 10.1. The number of morpholine rings is 1. The van der Waals surface area contributed by atoms with E-state index in [9.17, 15) is 0 Å². The summed E-state index contributed by atoms with van der Waals surface area (Å²) < 4.78 is 5.36. The monoisotopic (exact) mass is 234 g/mol. The molecule has 0 unspecified atom stereocenters. The summed E-state index contributed by atoms with van der Waals surface area (Å²) in [6.07, 6.45) is 0. The molecule has 0 amide bonds. The van der Waals surface area contributed by atoms with Gasteiger partial charge in [0.25, 0.3) is 0 Å². The van der Waals surface area contributed by atoms with E-state index >= 15 is 0 Å². The van der Waals surface area contributed by atoms with Crippen LogP contribution >= 0.6 is 0 Å². The summed E-state index contributed by atoms with van der Waals surface area (Å²) in [5.41, 5.74) is 5.80. The summed E-state index contributed by atoms with van der Waals surface area (Å²) in [5, 5.41) is 0. The highest BCUT2D eigenvalue weighted by Crippen LogP contribution is 2.25. The van der Waals surface area contributed by atoms with Gasteiger partial charge in [-0.15, -0.1) is 0 Å². The van der Waals surface area contributed by atoms with Crippen LogP contribution < -0.4 is 10.4 Å². The van der Waals surface area contributed by atoms with Crippen LogP contribution in [0.25, 0.3) is 5.70 Å². The lowest BCUT2D eigenvalue weighted by molar-refractivity contribution is 0.122. The third-order valence-electron chi connectivity index (χ3n) is 2.81. The number of hydrogen-bond acceptors (Lipinski definition) is 4. The standard InChI is InChI=1S/C13H18N2O2/c1-11(14-16-2)12-5-3-4-6-13(12)15-7-9-17-10-8-15/h3-6,14H,1,7-10H2,2H3. The van der Waals surface area contributed by atoms with E-state index in [1.54, 1.807) is 7.11 Å². The summed E-state index contributed by atoms with van der Waals surface area (Å²) in [6.45, 7) is 7.36. The van der Waals surface area contributed by atoms with E-state index < -0.39 is 0 Å². The molecule has 0 spiro atoms. The van der Waals surface area contributed by atoms with Crippen LogP contribution in [0.2, 0.25) is 0 Å². The molecule has 1 aromatic carbocycles. The number of rotatable bonds is 4. The predicted molar refractivity (Wildman–Crippen MR) is 68.7 cm³/mol. The predicted octanol–water partition coefficient (Wildman–Crippen LogP) is 1.64. The summed E-state index contributed by atoms with van der Waals surface area (Å²) in [4.78, 5) is 7.21. The van der Waals surface area contributed by atoms with E-state index in [0.717, 1.165) is 37.6 Å². The van der Waals surface area contributed by atoms with E-state index in [1.165, 1.54) is 5.69 Å². The van der Waals surface area contributed by atoms with E-state index in [-0.39, 0.29) is 0 Å². The molecule has 0 atom stereocenters. The van der Waals surface area contributed by atoms with Gasteiger partial charge in [-0.1, -0.05) is 24.8 Å². The van der Waals surface area contributed by atoms with Crippen molar-refractivity contribution in [3.05, 3.63) is 36.4 Å². The van der Waals surface area contributed by atoms with Gasteiger partial charge in [-0.05, 0) is 6.07 Å². The van der Waals surface area contributed by atoms with Crippen LogP contribution in [0.3, 0.4) is 0 Å². The van der Waals surface area contributed by atoms with Crippen LogP contribution in [0.15, 0.2) is 30.8 Å². The third kappa shape index (κ3) is 2.78.